The average molecular weight is 299 g/mol. The van der Waals surface area contributed by atoms with Crippen LogP contribution < -0.4 is 0 Å². The highest BCUT2D eigenvalue weighted by Crippen LogP contribution is 2.16. The Morgan fingerprint density at radius 1 is 0.826 bits per heavy atom. The number of hydrogen-bond donors (Lipinski definition) is 0. The van der Waals surface area contributed by atoms with Crippen molar-refractivity contribution < 1.29 is 0 Å². The van der Waals surface area contributed by atoms with Gasteiger partial charge in [0.1, 0.15) is 5.52 Å². The fraction of sp³-hybridized carbons (Fsp3) is 0. The number of hydrogen-bond acceptors (Lipinski definition) is 4. The van der Waals surface area contributed by atoms with Crippen LogP contribution in [0.25, 0.3) is 11.0 Å². The summed E-state index contributed by atoms with van der Waals surface area (Å²) >= 11 is 0. The van der Waals surface area contributed by atoms with Gasteiger partial charge < -0.3 is 0 Å². The lowest BCUT2D eigenvalue weighted by molar-refractivity contribution is 0.861. The van der Waals surface area contributed by atoms with Gasteiger partial charge in [-0.15, -0.1) is 5.10 Å². The van der Waals surface area contributed by atoms with Crippen LogP contribution in [0.2, 0.25) is 0 Å². The maximum atomic E-state index is 4.69. The van der Waals surface area contributed by atoms with Crippen molar-refractivity contribution in [3.05, 3.63) is 84.6 Å². The molecule has 0 spiro atoms. The standard InChI is InChI=1S/C18H13N5/c1-2-8-14(9-3-1)18(20-17-12-6-7-13-19-17)23-16-11-5-4-10-15(16)21-22-23/h1-13H/b20-18-. The first-order chi connectivity index (χ1) is 11.4. The lowest BCUT2D eigenvalue weighted by atomic mass is 10.2. The first-order valence-corrected chi connectivity index (χ1v) is 7.28. The van der Waals surface area contributed by atoms with Crippen molar-refractivity contribution in [2.75, 3.05) is 0 Å². The molecular formula is C18H13N5. The zero-order valence-electron chi connectivity index (χ0n) is 12.2. The predicted molar refractivity (Wildman–Crippen MR) is 89.8 cm³/mol. The van der Waals surface area contributed by atoms with Crippen molar-refractivity contribution in [2.24, 2.45) is 4.99 Å². The first-order valence-electron chi connectivity index (χ1n) is 7.28. The molecule has 0 aliphatic heterocycles. The van der Waals surface area contributed by atoms with Crippen LogP contribution in [0.5, 0.6) is 0 Å². The van der Waals surface area contributed by atoms with Gasteiger partial charge in [-0.3, -0.25) is 0 Å². The van der Waals surface area contributed by atoms with E-state index in [9.17, 15) is 0 Å². The molecule has 0 fully saturated rings. The number of pyridine rings is 1. The molecule has 2 aromatic heterocycles. The van der Waals surface area contributed by atoms with Crippen molar-refractivity contribution in [1.82, 2.24) is 20.0 Å². The maximum absolute atomic E-state index is 4.69. The summed E-state index contributed by atoms with van der Waals surface area (Å²) < 4.78 is 1.75. The highest BCUT2D eigenvalue weighted by Gasteiger charge is 2.12. The molecule has 0 saturated carbocycles. The van der Waals surface area contributed by atoms with E-state index in [4.69, 9.17) is 0 Å². The van der Waals surface area contributed by atoms with Gasteiger partial charge in [-0.25, -0.2) is 9.98 Å². The van der Waals surface area contributed by atoms with E-state index >= 15 is 0 Å². The zero-order chi connectivity index (χ0) is 15.5. The van der Waals surface area contributed by atoms with Crippen molar-refractivity contribution in [3.8, 4) is 0 Å². The summed E-state index contributed by atoms with van der Waals surface area (Å²) in [5, 5.41) is 8.49. The summed E-state index contributed by atoms with van der Waals surface area (Å²) in [5.74, 6) is 1.32. The van der Waals surface area contributed by atoms with E-state index in [1.807, 2.05) is 72.8 Å². The molecule has 0 unspecified atom stereocenters. The van der Waals surface area contributed by atoms with Gasteiger partial charge in [0.2, 0.25) is 0 Å². The van der Waals surface area contributed by atoms with Crippen LogP contribution in [0.15, 0.2) is 84.0 Å². The Balaban J connectivity index is 1.94. The second-order valence-electron chi connectivity index (χ2n) is 4.98. The Morgan fingerprint density at radius 2 is 1.61 bits per heavy atom. The second kappa shape index (κ2) is 5.81. The van der Waals surface area contributed by atoms with Crippen molar-refractivity contribution in [2.45, 2.75) is 0 Å². The van der Waals surface area contributed by atoms with Crippen LogP contribution in [0.4, 0.5) is 5.82 Å². The van der Waals surface area contributed by atoms with Gasteiger partial charge in [-0.1, -0.05) is 53.7 Å². The van der Waals surface area contributed by atoms with Crippen LogP contribution in [-0.4, -0.2) is 25.8 Å². The molecule has 0 N–H and O–H groups in total. The summed E-state index contributed by atoms with van der Waals surface area (Å²) in [6.45, 7) is 0. The highest BCUT2D eigenvalue weighted by molar-refractivity contribution is 6.04. The van der Waals surface area contributed by atoms with Gasteiger partial charge >= 0.3 is 0 Å². The molecule has 0 aliphatic rings. The Bertz CT molecular complexity index is 958. The minimum Gasteiger partial charge on any atom is -0.237 e. The maximum Gasteiger partial charge on any atom is 0.165 e. The van der Waals surface area contributed by atoms with Crippen LogP contribution in [0.3, 0.4) is 0 Å². The third kappa shape index (κ3) is 2.60. The average Bonchev–Trinajstić information content (AvgIpc) is 3.05. The van der Waals surface area contributed by atoms with Gasteiger partial charge in [-0.2, -0.15) is 4.68 Å². The second-order valence-corrected chi connectivity index (χ2v) is 4.98. The molecule has 23 heavy (non-hydrogen) atoms. The van der Waals surface area contributed by atoms with Crippen molar-refractivity contribution in [3.63, 3.8) is 0 Å². The van der Waals surface area contributed by atoms with E-state index in [1.54, 1.807) is 10.9 Å². The SMILES string of the molecule is c1ccc(/C(=N/c2ccccn2)n2nnc3ccccc32)cc1. The highest BCUT2D eigenvalue weighted by atomic mass is 15.4. The molecule has 2 heterocycles. The summed E-state index contributed by atoms with van der Waals surface area (Å²) in [6, 6.07) is 23.4. The monoisotopic (exact) mass is 299 g/mol. The fourth-order valence-corrected chi connectivity index (χ4v) is 2.38. The quantitative estimate of drug-likeness (QED) is 0.421. The molecular weight excluding hydrogens is 286 g/mol. The van der Waals surface area contributed by atoms with Crippen molar-refractivity contribution >= 4 is 22.7 Å². The molecule has 0 aliphatic carbocycles. The molecule has 0 atom stereocenters. The third-order valence-electron chi connectivity index (χ3n) is 3.45. The van der Waals surface area contributed by atoms with Crippen LogP contribution in [-0.2, 0) is 0 Å². The number of benzene rings is 2. The molecule has 5 heteroatoms. The Labute approximate surface area is 133 Å². The van der Waals surface area contributed by atoms with Crippen molar-refractivity contribution in [1.29, 1.82) is 0 Å². The normalized spacial score (nSPS) is 11.7. The zero-order valence-corrected chi connectivity index (χ0v) is 12.2. The van der Waals surface area contributed by atoms with E-state index in [-0.39, 0.29) is 0 Å². The molecule has 0 bridgehead atoms. The van der Waals surface area contributed by atoms with E-state index in [0.29, 0.717) is 11.7 Å². The summed E-state index contributed by atoms with van der Waals surface area (Å²) in [5.41, 5.74) is 2.69. The van der Waals surface area contributed by atoms with Crippen LogP contribution >= 0.6 is 0 Å². The number of fused-ring (bicyclic) bond motifs is 1. The Morgan fingerprint density at radius 3 is 2.43 bits per heavy atom. The molecule has 4 rings (SSSR count). The first kappa shape index (κ1) is 13.3. The van der Waals surface area contributed by atoms with Gasteiger partial charge in [-0.05, 0) is 24.3 Å². The minimum atomic E-state index is 0.630. The number of rotatable bonds is 2. The van der Waals surface area contributed by atoms with Gasteiger partial charge in [0.05, 0.1) is 5.52 Å². The van der Waals surface area contributed by atoms with Crippen LogP contribution in [0.1, 0.15) is 5.56 Å². The summed E-state index contributed by atoms with van der Waals surface area (Å²) in [7, 11) is 0. The van der Waals surface area contributed by atoms with E-state index in [2.05, 4.69) is 20.3 Å². The van der Waals surface area contributed by atoms with Crippen LogP contribution in [0, 0.1) is 0 Å². The lowest BCUT2D eigenvalue weighted by Gasteiger charge is -2.07. The van der Waals surface area contributed by atoms with Gasteiger partial charge in [0.15, 0.2) is 11.7 Å². The Hall–Kier alpha value is -3.34. The topological polar surface area (TPSA) is 56.0 Å². The summed E-state index contributed by atoms with van der Waals surface area (Å²) in [6.07, 6.45) is 1.72. The van der Waals surface area contributed by atoms with Gasteiger partial charge in [0, 0.05) is 11.8 Å². The predicted octanol–water partition coefficient (Wildman–Crippen LogP) is 3.45. The number of aromatic nitrogens is 4. The molecule has 110 valence electrons. The summed E-state index contributed by atoms with van der Waals surface area (Å²) in [4.78, 5) is 8.97. The molecule has 5 nitrogen and oxygen atoms in total. The molecule has 0 radical (unpaired) electrons. The lowest BCUT2D eigenvalue weighted by Crippen LogP contribution is -2.15. The molecule has 0 amide bonds. The molecule has 4 aromatic rings. The third-order valence-corrected chi connectivity index (χ3v) is 3.45. The van der Waals surface area contributed by atoms with E-state index in [1.165, 1.54) is 0 Å². The van der Waals surface area contributed by atoms with Gasteiger partial charge in [0.25, 0.3) is 0 Å². The fourth-order valence-electron chi connectivity index (χ4n) is 2.38. The minimum absolute atomic E-state index is 0.630. The smallest absolute Gasteiger partial charge is 0.165 e. The number of nitrogens with zero attached hydrogens (tertiary/aromatic N) is 5. The Kier molecular flexibility index (Phi) is 3.37. The molecule has 0 saturated heterocycles. The number of para-hydroxylation sites is 1. The van der Waals surface area contributed by atoms with E-state index < -0.39 is 0 Å². The van der Waals surface area contributed by atoms with E-state index in [0.717, 1.165) is 16.6 Å². The largest absolute Gasteiger partial charge is 0.237 e. The molecule has 2 aromatic carbocycles. The number of aliphatic imine (C=N–C) groups is 1.